The quantitative estimate of drug-likeness (QED) is 0.838. The second kappa shape index (κ2) is 7.78. The van der Waals surface area contributed by atoms with Crippen LogP contribution in [0, 0.1) is 6.92 Å². The van der Waals surface area contributed by atoms with Crippen LogP contribution in [0.1, 0.15) is 53.3 Å². The lowest BCUT2D eigenvalue weighted by atomic mass is 9.92. The molecule has 0 saturated carbocycles. The lowest BCUT2D eigenvalue weighted by molar-refractivity contribution is 0.0694. The molecule has 2 aromatic rings. The molecule has 1 fully saturated rings. The van der Waals surface area contributed by atoms with E-state index in [1.807, 2.05) is 54.9 Å². The first-order valence-electron chi connectivity index (χ1n) is 8.91. The molecule has 3 rings (SSSR count). The first kappa shape index (κ1) is 17.6. The Bertz CT molecular complexity index is 741. The van der Waals surface area contributed by atoms with E-state index in [0.717, 1.165) is 42.2 Å². The molecule has 1 amide bonds. The van der Waals surface area contributed by atoms with Gasteiger partial charge in [0.2, 0.25) is 0 Å². The summed E-state index contributed by atoms with van der Waals surface area (Å²) in [5, 5.41) is 0. The van der Waals surface area contributed by atoms with Crippen molar-refractivity contribution in [3.8, 4) is 0 Å². The summed E-state index contributed by atoms with van der Waals surface area (Å²) in [5.74, 6) is 1.09. The van der Waals surface area contributed by atoms with Gasteiger partial charge in [-0.3, -0.25) is 4.79 Å². The summed E-state index contributed by atoms with van der Waals surface area (Å²) in [6.07, 6.45) is 5.79. The van der Waals surface area contributed by atoms with E-state index in [1.54, 1.807) is 0 Å². The number of hydrogen-bond donors (Lipinski definition) is 0. The molecular formula is C19H26N4O2. The highest BCUT2D eigenvalue weighted by molar-refractivity contribution is 5.92. The minimum absolute atomic E-state index is 0.0920. The first-order valence-corrected chi connectivity index (χ1v) is 8.91. The van der Waals surface area contributed by atoms with E-state index >= 15 is 0 Å². The van der Waals surface area contributed by atoms with E-state index in [1.165, 1.54) is 0 Å². The number of likely N-dealkylation sites (tertiary alicyclic amines) is 1. The molecule has 6 heteroatoms. The van der Waals surface area contributed by atoms with E-state index < -0.39 is 0 Å². The molecule has 25 heavy (non-hydrogen) atoms. The van der Waals surface area contributed by atoms with Gasteiger partial charge >= 0.3 is 0 Å². The zero-order chi connectivity index (χ0) is 17.8. The molecule has 1 unspecified atom stereocenters. The normalized spacial score (nSPS) is 17.7. The van der Waals surface area contributed by atoms with Crippen LogP contribution in [0.25, 0.3) is 0 Å². The lowest BCUT2D eigenvalue weighted by Crippen LogP contribution is -2.40. The average Bonchev–Trinajstić information content (AvgIpc) is 3.06. The van der Waals surface area contributed by atoms with Crippen LogP contribution in [0.4, 0.5) is 0 Å². The Morgan fingerprint density at radius 3 is 3.00 bits per heavy atom. The van der Waals surface area contributed by atoms with Gasteiger partial charge in [0.15, 0.2) is 0 Å². The number of rotatable bonds is 5. The summed E-state index contributed by atoms with van der Waals surface area (Å²) in [6, 6.07) is 3.78. The summed E-state index contributed by atoms with van der Waals surface area (Å²) in [6.45, 7) is 6.56. The maximum absolute atomic E-state index is 12.8. The molecular weight excluding hydrogens is 316 g/mol. The number of nitrogens with zero attached hydrogens (tertiary/aromatic N) is 4. The van der Waals surface area contributed by atoms with Crippen LogP contribution in [0.2, 0.25) is 0 Å². The van der Waals surface area contributed by atoms with Gasteiger partial charge < -0.3 is 14.2 Å². The number of carbonyl (C=O) groups is 1. The molecule has 6 nitrogen and oxygen atoms in total. The fourth-order valence-electron chi connectivity index (χ4n) is 3.42. The van der Waals surface area contributed by atoms with Crippen molar-refractivity contribution in [2.45, 2.75) is 39.2 Å². The molecule has 3 heterocycles. The number of aryl methyl sites for hydroxylation is 2. The van der Waals surface area contributed by atoms with Crippen LogP contribution >= 0.6 is 0 Å². The van der Waals surface area contributed by atoms with Gasteiger partial charge in [-0.05, 0) is 38.8 Å². The molecule has 134 valence electrons. The van der Waals surface area contributed by atoms with Crippen molar-refractivity contribution in [2.75, 3.05) is 19.7 Å². The lowest BCUT2D eigenvalue weighted by Gasteiger charge is -2.33. The summed E-state index contributed by atoms with van der Waals surface area (Å²) in [7, 11) is 1.91. The highest BCUT2D eigenvalue weighted by atomic mass is 16.5. The van der Waals surface area contributed by atoms with Gasteiger partial charge in [0, 0.05) is 50.6 Å². The molecule has 0 bridgehead atoms. The Kier molecular flexibility index (Phi) is 5.48. The van der Waals surface area contributed by atoms with Crippen molar-refractivity contribution < 1.29 is 9.53 Å². The molecule has 1 aliphatic heterocycles. The van der Waals surface area contributed by atoms with Crippen LogP contribution in [-0.4, -0.2) is 45.0 Å². The minimum Gasteiger partial charge on any atom is -0.377 e. The summed E-state index contributed by atoms with van der Waals surface area (Å²) in [5.41, 5.74) is 2.80. The summed E-state index contributed by atoms with van der Waals surface area (Å²) < 4.78 is 7.45. The third-order valence-corrected chi connectivity index (χ3v) is 4.74. The number of amides is 1. The van der Waals surface area contributed by atoms with Crippen LogP contribution in [0.15, 0.2) is 24.5 Å². The largest absolute Gasteiger partial charge is 0.377 e. The number of piperidine rings is 1. The van der Waals surface area contributed by atoms with Crippen LogP contribution in [-0.2, 0) is 18.4 Å². The fraction of sp³-hybridized carbons (Fsp3) is 0.526. The van der Waals surface area contributed by atoms with Crippen molar-refractivity contribution >= 4 is 5.91 Å². The zero-order valence-electron chi connectivity index (χ0n) is 15.2. The summed E-state index contributed by atoms with van der Waals surface area (Å²) >= 11 is 0. The van der Waals surface area contributed by atoms with Crippen LogP contribution < -0.4 is 0 Å². The number of carbonyl (C=O) groups excluding carboxylic acids is 1. The molecule has 2 aromatic heterocycles. The zero-order valence-corrected chi connectivity index (χ0v) is 15.2. The highest BCUT2D eigenvalue weighted by Crippen LogP contribution is 2.29. The van der Waals surface area contributed by atoms with Crippen LogP contribution in [0.3, 0.4) is 0 Å². The second-order valence-electron chi connectivity index (χ2n) is 6.56. The van der Waals surface area contributed by atoms with Gasteiger partial charge in [-0.25, -0.2) is 9.97 Å². The van der Waals surface area contributed by atoms with E-state index in [0.29, 0.717) is 19.8 Å². The Hall–Kier alpha value is -2.21. The number of ether oxygens (including phenoxy) is 1. The molecule has 0 aromatic carbocycles. The van der Waals surface area contributed by atoms with Gasteiger partial charge in [0.05, 0.1) is 12.3 Å². The van der Waals surface area contributed by atoms with Gasteiger partial charge in [-0.15, -0.1) is 0 Å². The maximum atomic E-state index is 12.8. The van der Waals surface area contributed by atoms with E-state index in [9.17, 15) is 4.79 Å². The number of hydrogen-bond acceptors (Lipinski definition) is 4. The Morgan fingerprint density at radius 1 is 1.44 bits per heavy atom. The van der Waals surface area contributed by atoms with Crippen molar-refractivity contribution in [1.29, 1.82) is 0 Å². The SMILES string of the molecule is CCOCc1cnc(C)nc1C1CCCN(C(=O)c2cccn2C)C1. The molecule has 0 aliphatic carbocycles. The smallest absolute Gasteiger partial charge is 0.270 e. The second-order valence-corrected chi connectivity index (χ2v) is 6.56. The van der Waals surface area contributed by atoms with Gasteiger partial charge in [0.1, 0.15) is 11.5 Å². The standard InChI is InChI=1S/C19H26N4O2/c1-4-25-13-16-11-20-14(2)21-18(16)15-7-5-10-23(12-15)19(24)17-8-6-9-22(17)3/h6,8-9,11,15H,4-5,7,10,12-13H2,1-3H3. The fourth-order valence-corrected chi connectivity index (χ4v) is 3.42. The van der Waals surface area contributed by atoms with Crippen molar-refractivity contribution in [3.05, 3.63) is 47.3 Å². The first-order chi connectivity index (χ1) is 12.1. The summed E-state index contributed by atoms with van der Waals surface area (Å²) in [4.78, 5) is 23.8. The third-order valence-electron chi connectivity index (χ3n) is 4.74. The topological polar surface area (TPSA) is 60.3 Å². The highest BCUT2D eigenvalue weighted by Gasteiger charge is 2.28. The Morgan fingerprint density at radius 2 is 2.28 bits per heavy atom. The van der Waals surface area contributed by atoms with Gasteiger partial charge in [-0.2, -0.15) is 0 Å². The predicted molar refractivity (Wildman–Crippen MR) is 95.4 cm³/mol. The van der Waals surface area contributed by atoms with Gasteiger partial charge in [-0.1, -0.05) is 0 Å². The van der Waals surface area contributed by atoms with Crippen molar-refractivity contribution in [1.82, 2.24) is 19.4 Å². The van der Waals surface area contributed by atoms with Crippen molar-refractivity contribution in [3.63, 3.8) is 0 Å². The molecule has 1 atom stereocenters. The monoisotopic (exact) mass is 342 g/mol. The molecule has 1 aliphatic rings. The van der Waals surface area contributed by atoms with Crippen LogP contribution in [0.5, 0.6) is 0 Å². The van der Waals surface area contributed by atoms with E-state index in [2.05, 4.69) is 9.97 Å². The molecule has 0 radical (unpaired) electrons. The average molecular weight is 342 g/mol. The molecule has 0 spiro atoms. The third kappa shape index (κ3) is 3.90. The van der Waals surface area contributed by atoms with E-state index in [4.69, 9.17) is 4.74 Å². The van der Waals surface area contributed by atoms with E-state index in [-0.39, 0.29) is 11.8 Å². The Balaban J connectivity index is 1.80. The number of aromatic nitrogens is 3. The van der Waals surface area contributed by atoms with Gasteiger partial charge in [0.25, 0.3) is 5.91 Å². The molecule has 1 saturated heterocycles. The maximum Gasteiger partial charge on any atom is 0.270 e. The Labute approximate surface area is 148 Å². The predicted octanol–water partition coefficient (Wildman–Crippen LogP) is 2.68. The molecule has 0 N–H and O–H groups in total. The van der Waals surface area contributed by atoms with Crippen molar-refractivity contribution in [2.24, 2.45) is 7.05 Å². The minimum atomic E-state index is 0.0920.